The molecular weight excluding hydrogens is 238 g/mol. The molecule has 4 nitrogen and oxygen atoms in total. The van der Waals surface area contributed by atoms with Crippen LogP contribution in [0.25, 0.3) is 0 Å². The Kier molecular flexibility index (Phi) is 4.47. The zero-order chi connectivity index (χ0) is 13.7. The van der Waals surface area contributed by atoms with E-state index >= 15 is 0 Å². The van der Waals surface area contributed by atoms with E-state index in [4.69, 9.17) is 10.5 Å². The average Bonchev–Trinajstić information content (AvgIpc) is 2.48. The van der Waals surface area contributed by atoms with Gasteiger partial charge in [0, 0.05) is 6.54 Å². The van der Waals surface area contributed by atoms with Gasteiger partial charge in [0.05, 0.1) is 18.1 Å². The van der Waals surface area contributed by atoms with Crippen LogP contribution in [-0.2, 0) is 6.54 Å². The van der Waals surface area contributed by atoms with Gasteiger partial charge in [-0.2, -0.15) is 0 Å². The van der Waals surface area contributed by atoms with Crippen LogP contribution in [0.3, 0.4) is 0 Å². The quantitative estimate of drug-likeness (QED) is 0.893. The summed E-state index contributed by atoms with van der Waals surface area (Å²) in [6.45, 7) is 4.74. The van der Waals surface area contributed by atoms with E-state index in [1.165, 1.54) is 5.56 Å². The van der Waals surface area contributed by atoms with E-state index in [1.54, 1.807) is 12.4 Å². The summed E-state index contributed by atoms with van der Waals surface area (Å²) >= 11 is 0. The summed E-state index contributed by atoms with van der Waals surface area (Å²) in [6.07, 6.45) is 4.31. The highest BCUT2D eigenvalue weighted by molar-refractivity contribution is 5.38. The number of nitrogens with zero attached hydrogens (tertiary/aromatic N) is 2. The maximum absolute atomic E-state index is 5.82. The summed E-state index contributed by atoms with van der Waals surface area (Å²) in [4.78, 5) is 8.38. The molecule has 2 N–H and O–H groups in total. The van der Waals surface area contributed by atoms with Crippen LogP contribution in [-0.4, -0.2) is 9.97 Å². The van der Waals surface area contributed by atoms with E-state index < -0.39 is 0 Å². The molecule has 1 unspecified atom stereocenters. The van der Waals surface area contributed by atoms with Gasteiger partial charge in [-0.25, -0.2) is 4.98 Å². The lowest BCUT2D eigenvalue weighted by Gasteiger charge is -2.14. The molecule has 0 aliphatic rings. The van der Waals surface area contributed by atoms with Crippen molar-refractivity contribution < 1.29 is 4.74 Å². The third kappa shape index (κ3) is 3.29. The first kappa shape index (κ1) is 13.5. The molecule has 4 heteroatoms. The molecule has 100 valence electrons. The van der Waals surface area contributed by atoms with Crippen LogP contribution in [0, 0.1) is 0 Å². The second kappa shape index (κ2) is 6.29. The van der Waals surface area contributed by atoms with Gasteiger partial charge in [0.15, 0.2) is 0 Å². The van der Waals surface area contributed by atoms with E-state index in [2.05, 4.69) is 29.9 Å². The third-order valence-electron chi connectivity index (χ3n) is 3.17. The van der Waals surface area contributed by atoms with Gasteiger partial charge in [-0.3, -0.25) is 4.98 Å². The van der Waals surface area contributed by atoms with E-state index in [-0.39, 0.29) is 0 Å². The molecule has 0 bridgehead atoms. The number of aromatic nitrogens is 2. The zero-order valence-corrected chi connectivity index (χ0v) is 11.3. The Balaban J connectivity index is 2.22. The molecule has 0 fully saturated rings. The Morgan fingerprint density at radius 2 is 2.00 bits per heavy atom. The molecule has 0 amide bonds. The molecule has 0 radical (unpaired) electrons. The predicted molar refractivity (Wildman–Crippen MR) is 75.1 cm³/mol. The lowest BCUT2D eigenvalue weighted by atomic mass is 9.98. The van der Waals surface area contributed by atoms with Crippen molar-refractivity contribution in [3.63, 3.8) is 0 Å². The van der Waals surface area contributed by atoms with Gasteiger partial charge >= 0.3 is 0 Å². The van der Waals surface area contributed by atoms with Crippen molar-refractivity contribution in [2.45, 2.75) is 32.7 Å². The molecule has 2 rings (SSSR count). The normalized spacial score (nSPS) is 12.2. The smallest absolute Gasteiger partial charge is 0.237 e. The maximum atomic E-state index is 5.82. The number of benzene rings is 1. The Bertz CT molecular complexity index is 525. The SMILES string of the molecule is CCC(C)c1ccccc1Oc1cnc(CN)cn1. The molecule has 0 saturated carbocycles. The highest BCUT2D eigenvalue weighted by atomic mass is 16.5. The number of hydrogen-bond donors (Lipinski definition) is 1. The van der Waals surface area contributed by atoms with Gasteiger partial charge in [-0.1, -0.05) is 32.0 Å². The molecule has 0 aliphatic carbocycles. The summed E-state index contributed by atoms with van der Waals surface area (Å²) in [5.74, 6) is 1.78. The van der Waals surface area contributed by atoms with Gasteiger partial charge in [-0.15, -0.1) is 0 Å². The highest BCUT2D eigenvalue weighted by Crippen LogP contribution is 2.30. The standard InChI is InChI=1S/C15H19N3O/c1-3-11(2)13-6-4-5-7-14(13)19-15-10-17-12(8-16)9-18-15/h4-7,9-11H,3,8,16H2,1-2H3. The molecular formula is C15H19N3O. The van der Waals surface area contributed by atoms with Crippen molar-refractivity contribution in [2.75, 3.05) is 0 Å². The Morgan fingerprint density at radius 1 is 1.21 bits per heavy atom. The summed E-state index contributed by atoms with van der Waals surface area (Å²) in [5.41, 5.74) is 7.43. The van der Waals surface area contributed by atoms with Gasteiger partial charge in [0.2, 0.25) is 5.88 Å². The largest absolute Gasteiger partial charge is 0.437 e. The molecule has 1 atom stereocenters. The zero-order valence-electron chi connectivity index (χ0n) is 11.3. The highest BCUT2D eigenvalue weighted by Gasteiger charge is 2.10. The first-order chi connectivity index (χ1) is 9.24. The van der Waals surface area contributed by atoms with E-state index in [0.29, 0.717) is 18.3 Å². The number of para-hydroxylation sites is 1. The van der Waals surface area contributed by atoms with Crippen molar-refractivity contribution in [2.24, 2.45) is 5.73 Å². The summed E-state index contributed by atoms with van der Waals surface area (Å²) in [6, 6.07) is 8.03. The van der Waals surface area contributed by atoms with Gasteiger partial charge in [0.1, 0.15) is 5.75 Å². The van der Waals surface area contributed by atoms with Crippen molar-refractivity contribution >= 4 is 0 Å². The first-order valence-corrected chi connectivity index (χ1v) is 6.52. The van der Waals surface area contributed by atoms with Crippen LogP contribution in [0.1, 0.15) is 37.4 Å². The second-order valence-electron chi connectivity index (χ2n) is 4.50. The van der Waals surface area contributed by atoms with Gasteiger partial charge in [0.25, 0.3) is 0 Å². The van der Waals surface area contributed by atoms with Crippen LogP contribution >= 0.6 is 0 Å². The number of nitrogens with two attached hydrogens (primary N) is 1. The minimum Gasteiger partial charge on any atom is -0.437 e. The Hall–Kier alpha value is -1.94. The minimum atomic E-state index is 0.386. The van der Waals surface area contributed by atoms with Gasteiger partial charge in [-0.05, 0) is 24.0 Å². The lowest BCUT2D eigenvalue weighted by Crippen LogP contribution is -2.01. The van der Waals surface area contributed by atoms with Crippen molar-refractivity contribution in [1.82, 2.24) is 9.97 Å². The van der Waals surface area contributed by atoms with Crippen LogP contribution in [0.5, 0.6) is 11.6 Å². The predicted octanol–water partition coefficient (Wildman–Crippen LogP) is 3.24. The van der Waals surface area contributed by atoms with Crippen LogP contribution in [0.4, 0.5) is 0 Å². The number of rotatable bonds is 5. The molecule has 1 heterocycles. The lowest BCUT2D eigenvalue weighted by molar-refractivity contribution is 0.448. The Morgan fingerprint density at radius 3 is 2.63 bits per heavy atom. The molecule has 19 heavy (non-hydrogen) atoms. The van der Waals surface area contributed by atoms with Gasteiger partial charge < -0.3 is 10.5 Å². The fourth-order valence-corrected chi connectivity index (χ4v) is 1.81. The first-order valence-electron chi connectivity index (χ1n) is 6.52. The molecule has 1 aromatic carbocycles. The van der Waals surface area contributed by atoms with Crippen molar-refractivity contribution in [3.8, 4) is 11.6 Å². The minimum absolute atomic E-state index is 0.386. The molecule has 1 aromatic heterocycles. The van der Waals surface area contributed by atoms with E-state index in [0.717, 1.165) is 17.9 Å². The fraction of sp³-hybridized carbons (Fsp3) is 0.333. The maximum Gasteiger partial charge on any atom is 0.237 e. The van der Waals surface area contributed by atoms with Crippen molar-refractivity contribution in [3.05, 3.63) is 47.9 Å². The van der Waals surface area contributed by atoms with E-state index in [1.807, 2.05) is 18.2 Å². The summed E-state index contributed by atoms with van der Waals surface area (Å²) in [5, 5.41) is 0. The van der Waals surface area contributed by atoms with Crippen LogP contribution in [0.15, 0.2) is 36.7 Å². The third-order valence-corrected chi connectivity index (χ3v) is 3.17. The van der Waals surface area contributed by atoms with E-state index in [9.17, 15) is 0 Å². The van der Waals surface area contributed by atoms with Crippen LogP contribution in [0.2, 0.25) is 0 Å². The molecule has 0 aliphatic heterocycles. The number of hydrogen-bond acceptors (Lipinski definition) is 4. The van der Waals surface area contributed by atoms with Crippen LogP contribution < -0.4 is 10.5 Å². The molecule has 0 saturated heterocycles. The molecule has 0 spiro atoms. The Labute approximate surface area is 113 Å². The monoisotopic (exact) mass is 257 g/mol. The molecule has 2 aromatic rings. The second-order valence-corrected chi connectivity index (χ2v) is 4.50. The topological polar surface area (TPSA) is 61.0 Å². The number of ether oxygens (including phenoxy) is 1. The summed E-state index contributed by atoms with van der Waals surface area (Å²) < 4.78 is 5.82. The average molecular weight is 257 g/mol. The van der Waals surface area contributed by atoms with Crippen molar-refractivity contribution in [1.29, 1.82) is 0 Å². The summed E-state index contributed by atoms with van der Waals surface area (Å²) in [7, 11) is 0. The fourth-order valence-electron chi connectivity index (χ4n) is 1.81.